The number of carbonyl (C=O) groups excluding carboxylic acids is 2. The Morgan fingerprint density at radius 3 is 2.33 bits per heavy atom. The summed E-state index contributed by atoms with van der Waals surface area (Å²) >= 11 is 0. The Labute approximate surface area is 124 Å². The molecule has 3 rings (SSSR count). The van der Waals surface area contributed by atoms with Crippen molar-refractivity contribution in [2.45, 2.75) is 38.6 Å². The second-order valence-electron chi connectivity index (χ2n) is 6.63. The van der Waals surface area contributed by atoms with Crippen LogP contribution in [0.15, 0.2) is 0 Å². The lowest BCUT2D eigenvalue weighted by atomic mass is 9.99. The Morgan fingerprint density at radius 2 is 1.76 bits per heavy atom. The van der Waals surface area contributed by atoms with Crippen LogP contribution in [0.25, 0.3) is 0 Å². The second-order valence-corrected chi connectivity index (χ2v) is 6.63. The highest BCUT2D eigenvalue weighted by atomic mass is 16.4. The standard InChI is InChI=1S/C15H22N2O4/c1-9-7-16(8-11(9)15(20)21)14(19)12-3-2-6-17(12)13(18)10-4-5-10/h9-12H,2-8H2,1H3,(H,20,21). The molecule has 0 radical (unpaired) electrons. The van der Waals surface area contributed by atoms with E-state index in [1.165, 1.54) is 0 Å². The van der Waals surface area contributed by atoms with Gasteiger partial charge in [-0.15, -0.1) is 0 Å². The van der Waals surface area contributed by atoms with E-state index < -0.39 is 11.9 Å². The quantitative estimate of drug-likeness (QED) is 0.825. The van der Waals surface area contributed by atoms with Crippen LogP contribution in [0, 0.1) is 17.8 Å². The molecule has 6 heteroatoms. The first kappa shape index (κ1) is 14.4. The predicted octanol–water partition coefficient (Wildman–Crippen LogP) is 0.567. The van der Waals surface area contributed by atoms with Crippen molar-refractivity contribution in [1.82, 2.24) is 9.80 Å². The van der Waals surface area contributed by atoms with E-state index in [9.17, 15) is 14.4 Å². The third-order valence-corrected chi connectivity index (χ3v) is 4.99. The van der Waals surface area contributed by atoms with E-state index in [4.69, 9.17) is 5.11 Å². The van der Waals surface area contributed by atoms with Gasteiger partial charge in [-0.3, -0.25) is 14.4 Å². The van der Waals surface area contributed by atoms with Gasteiger partial charge in [0.2, 0.25) is 11.8 Å². The maximum atomic E-state index is 12.7. The first-order valence-corrected chi connectivity index (χ1v) is 7.81. The number of rotatable bonds is 3. The van der Waals surface area contributed by atoms with Gasteiger partial charge in [0.25, 0.3) is 0 Å². The number of carboxylic acids is 1. The molecule has 3 unspecified atom stereocenters. The van der Waals surface area contributed by atoms with Crippen LogP contribution in [0.5, 0.6) is 0 Å². The molecule has 0 aromatic carbocycles. The monoisotopic (exact) mass is 294 g/mol. The third-order valence-electron chi connectivity index (χ3n) is 4.99. The molecule has 21 heavy (non-hydrogen) atoms. The van der Waals surface area contributed by atoms with Gasteiger partial charge in [0, 0.05) is 25.6 Å². The number of amides is 2. The van der Waals surface area contributed by atoms with Gasteiger partial charge < -0.3 is 14.9 Å². The van der Waals surface area contributed by atoms with Gasteiger partial charge in [-0.25, -0.2) is 0 Å². The van der Waals surface area contributed by atoms with Gasteiger partial charge in [-0.05, 0) is 31.6 Å². The molecule has 1 N–H and O–H groups in total. The topological polar surface area (TPSA) is 77.9 Å². The highest BCUT2D eigenvalue weighted by Crippen LogP contribution is 2.34. The zero-order valence-corrected chi connectivity index (χ0v) is 12.3. The molecular weight excluding hydrogens is 272 g/mol. The van der Waals surface area contributed by atoms with Crippen LogP contribution in [0.4, 0.5) is 0 Å². The molecule has 3 fully saturated rings. The van der Waals surface area contributed by atoms with E-state index in [0.717, 1.165) is 19.3 Å². The van der Waals surface area contributed by atoms with E-state index in [2.05, 4.69) is 0 Å². The zero-order valence-electron chi connectivity index (χ0n) is 12.3. The number of hydrogen-bond acceptors (Lipinski definition) is 3. The van der Waals surface area contributed by atoms with Gasteiger partial charge in [-0.2, -0.15) is 0 Å². The van der Waals surface area contributed by atoms with E-state index in [1.807, 2.05) is 6.92 Å². The number of nitrogens with zero attached hydrogens (tertiary/aromatic N) is 2. The summed E-state index contributed by atoms with van der Waals surface area (Å²) in [5.74, 6) is -1.16. The van der Waals surface area contributed by atoms with Crippen LogP contribution in [0.2, 0.25) is 0 Å². The molecule has 2 saturated heterocycles. The highest BCUT2D eigenvalue weighted by molar-refractivity contribution is 5.90. The van der Waals surface area contributed by atoms with E-state index in [-0.39, 0.29) is 36.2 Å². The predicted molar refractivity (Wildman–Crippen MR) is 74.3 cm³/mol. The van der Waals surface area contributed by atoms with Crippen molar-refractivity contribution in [3.8, 4) is 0 Å². The molecule has 3 atom stereocenters. The number of carboxylic acid groups (broad SMARTS) is 1. The molecule has 116 valence electrons. The minimum atomic E-state index is -0.838. The molecule has 2 amide bonds. The zero-order chi connectivity index (χ0) is 15.1. The Bertz CT molecular complexity index is 474. The first-order valence-electron chi connectivity index (χ1n) is 7.81. The van der Waals surface area contributed by atoms with Crippen molar-refractivity contribution >= 4 is 17.8 Å². The summed E-state index contributed by atoms with van der Waals surface area (Å²) in [5, 5.41) is 9.17. The largest absolute Gasteiger partial charge is 0.481 e. The van der Waals surface area contributed by atoms with Crippen molar-refractivity contribution in [2.24, 2.45) is 17.8 Å². The van der Waals surface area contributed by atoms with E-state index >= 15 is 0 Å². The number of hydrogen-bond donors (Lipinski definition) is 1. The Hall–Kier alpha value is -1.59. The fourth-order valence-electron chi connectivity index (χ4n) is 3.53. The maximum Gasteiger partial charge on any atom is 0.308 e. The van der Waals surface area contributed by atoms with Crippen LogP contribution in [-0.4, -0.2) is 58.4 Å². The molecule has 0 aromatic rings. The Kier molecular flexibility index (Phi) is 3.63. The molecule has 2 heterocycles. The molecule has 0 bridgehead atoms. The normalized spacial score (nSPS) is 32.5. The van der Waals surface area contributed by atoms with Crippen LogP contribution >= 0.6 is 0 Å². The van der Waals surface area contributed by atoms with Crippen molar-refractivity contribution in [3.63, 3.8) is 0 Å². The molecule has 6 nitrogen and oxygen atoms in total. The number of aliphatic carboxylic acids is 1. The minimum absolute atomic E-state index is 0.0274. The summed E-state index contributed by atoms with van der Waals surface area (Å²) in [6.07, 6.45) is 3.46. The molecule has 1 saturated carbocycles. The van der Waals surface area contributed by atoms with Crippen LogP contribution in [0.3, 0.4) is 0 Å². The molecule has 3 aliphatic rings. The van der Waals surface area contributed by atoms with Gasteiger partial charge in [0.15, 0.2) is 0 Å². The summed E-state index contributed by atoms with van der Waals surface area (Å²) in [6, 6.07) is -0.363. The molecule has 2 aliphatic heterocycles. The second kappa shape index (κ2) is 5.31. The van der Waals surface area contributed by atoms with Crippen molar-refractivity contribution in [2.75, 3.05) is 19.6 Å². The van der Waals surface area contributed by atoms with Gasteiger partial charge >= 0.3 is 5.97 Å². The van der Waals surface area contributed by atoms with Crippen LogP contribution in [-0.2, 0) is 14.4 Å². The fraction of sp³-hybridized carbons (Fsp3) is 0.800. The Balaban J connectivity index is 1.67. The average Bonchev–Trinajstić information content (AvgIpc) is 3.04. The van der Waals surface area contributed by atoms with Crippen LogP contribution < -0.4 is 0 Å². The van der Waals surface area contributed by atoms with E-state index in [0.29, 0.717) is 19.5 Å². The highest BCUT2D eigenvalue weighted by Gasteiger charge is 2.44. The molecule has 0 spiro atoms. The molecular formula is C15H22N2O4. The van der Waals surface area contributed by atoms with Crippen LogP contribution in [0.1, 0.15) is 32.6 Å². The lowest BCUT2D eigenvalue weighted by Crippen LogP contribution is -2.47. The van der Waals surface area contributed by atoms with E-state index in [1.54, 1.807) is 9.80 Å². The SMILES string of the molecule is CC1CN(C(=O)C2CCCN2C(=O)C2CC2)CC1C(=O)O. The number of carbonyl (C=O) groups is 3. The van der Waals surface area contributed by atoms with Crippen molar-refractivity contribution in [3.05, 3.63) is 0 Å². The molecule has 0 aromatic heterocycles. The summed E-state index contributed by atoms with van der Waals surface area (Å²) in [6.45, 7) is 3.29. The van der Waals surface area contributed by atoms with Crippen molar-refractivity contribution in [1.29, 1.82) is 0 Å². The smallest absolute Gasteiger partial charge is 0.308 e. The Morgan fingerprint density at radius 1 is 1.05 bits per heavy atom. The number of likely N-dealkylation sites (tertiary alicyclic amines) is 2. The first-order chi connectivity index (χ1) is 9.99. The lowest BCUT2D eigenvalue weighted by Gasteiger charge is -2.28. The third kappa shape index (κ3) is 2.63. The van der Waals surface area contributed by atoms with Crippen molar-refractivity contribution < 1.29 is 19.5 Å². The maximum absolute atomic E-state index is 12.7. The van der Waals surface area contributed by atoms with Gasteiger partial charge in [0.05, 0.1) is 5.92 Å². The summed E-state index contributed by atoms with van der Waals surface area (Å²) in [5.41, 5.74) is 0. The average molecular weight is 294 g/mol. The lowest BCUT2D eigenvalue weighted by molar-refractivity contribution is -0.145. The summed E-state index contributed by atoms with van der Waals surface area (Å²) in [4.78, 5) is 39.4. The van der Waals surface area contributed by atoms with Gasteiger partial charge in [0.1, 0.15) is 6.04 Å². The van der Waals surface area contributed by atoms with Gasteiger partial charge in [-0.1, -0.05) is 6.92 Å². The fourth-order valence-corrected chi connectivity index (χ4v) is 3.53. The summed E-state index contributed by atoms with van der Waals surface area (Å²) in [7, 11) is 0. The molecule has 1 aliphatic carbocycles. The summed E-state index contributed by atoms with van der Waals surface area (Å²) < 4.78 is 0. The minimum Gasteiger partial charge on any atom is -0.481 e.